The van der Waals surface area contributed by atoms with Crippen LogP contribution in [0.4, 0.5) is 0 Å². The molecule has 1 saturated heterocycles. The highest BCUT2D eigenvalue weighted by molar-refractivity contribution is 6.31. The van der Waals surface area contributed by atoms with Crippen molar-refractivity contribution in [2.75, 3.05) is 13.7 Å². The van der Waals surface area contributed by atoms with Crippen molar-refractivity contribution >= 4 is 52.7 Å². The number of ether oxygens (including phenoxy) is 5. The molecule has 0 aromatic heterocycles. The van der Waals surface area contributed by atoms with Crippen LogP contribution in [0.25, 0.3) is 0 Å². The molecule has 11 heteroatoms. The Morgan fingerprint density at radius 3 is 1.47 bits per heavy atom. The molecule has 198 valence electrons. The van der Waals surface area contributed by atoms with E-state index in [9.17, 15) is 14.4 Å². The first-order valence-corrected chi connectivity index (χ1v) is 12.4. The third-order valence-electron chi connectivity index (χ3n) is 5.60. The van der Waals surface area contributed by atoms with Crippen LogP contribution < -0.4 is 0 Å². The molecule has 8 nitrogen and oxygen atoms in total. The molecule has 0 spiro atoms. The van der Waals surface area contributed by atoms with E-state index in [1.165, 1.54) is 67.8 Å². The second kappa shape index (κ2) is 12.6. The van der Waals surface area contributed by atoms with Crippen molar-refractivity contribution in [3.05, 3.63) is 105 Å². The molecule has 1 heterocycles. The van der Waals surface area contributed by atoms with E-state index in [1.54, 1.807) is 12.1 Å². The van der Waals surface area contributed by atoms with Gasteiger partial charge in [-0.3, -0.25) is 0 Å². The molecule has 38 heavy (non-hydrogen) atoms. The second-order valence-electron chi connectivity index (χ2n) is 8.14. The highest BCUT2D eigenvalue weighted by Gasteiger charge is 2.50. The highest BCUT2D eigenvalue weighted by Crippen LogP contribution is 2.30. The Kier molecular flexibility index (Phi) is 9.25. The molecule has 1 fully saturated rings. The summed E-state index contributed by atoms with van der Waals surface area (Å²) in [5.41, 5.74) is 0.677. The predicted octanol–water partition coefficient (Wildman–Crippen LogP) is 5.63. The lowest BCUT2D eigenvalue weighted by atomic mass is 10.1. The average Bonchev–Trinajstić information content (AvgIpc) is 3.24. The summed E-state index contributed by atoms with van der Waals surface area (Å²) in [4.78, 5) is 38.4. The summed E-state index contributed by atoms with van der Waals surface area (Å²) < 4.78 is 28.0. The molecule has 0 N–H and O–H groups in total. The lowest BCUT2D eigenvalue weighted by molar-refractivity contribution is -0.155. The highest BCUT2D eigenvalue weighted by atomic mass is 35.5. The molecule has 3 aromatic carbocycles. The summed E-state index contributed by atoms with van der Waals surface area (Å²) in [7, 11) is 1.34. The minimum absolute atomic E-state index is 0.204. The van der Waals surface area contributed by atoms with Gasteiger partial charge in [-0.2, -0.15) is 0 Å². The topological polar surface area (TPSA) is 97.4 Å². The van der Waals surface area contributed by atoms with E-state index in [-0.39, 0.29) is 23.3 Å². The number of esters is 3. The first-order valence-electron chi connectivity index (χ1n) is 11.3. The Balaban J connectivity index is 1.55. The molecule has 0 aliphatic carbocycles. The van der Waals surface area contributed by atoms with Gasteiger partial charge in [-0.15, -0.1) is 0 Å². The summed E-state index contributed by atoms with van der Waals surface area (Å²) in [6, 6.07) is 18.2. The van der Waals surface area contributed by atoms with E-state index < -0.39 is 42.5 Å². The van der Waals surface area contributed by atoms with Gasteiger partial charge in [-0.05, 0) is 72.8 Å². The molecule has 0 radical (unpaired) electrons. The Bertz CT molecular complexity index is 1280. The minimum atomic E-state index is -1.18. The zero-order valence-corrected chi connectivity index (χ0v) is 22.1. The zero-order valence-electron chi connectivity index (χ0n) is 19.8. The number of carbonyl (C=O) groups is 3. The molecule has 0 saturated carbocycles. The van der Waals surface area contributed by atoms with Gasteiger partial charge in [0, 0.05) is 22.2 Å². The van der Waals surface area contributed by atoms with Crippen molar-refractivity contribution in [2.45, 2.75) is 24.6 Å². The standard InChI is InChI=1S/C27H21Cl3O8/c1-34-27-23(38-26(33)17-6-12-20(30)13-7-17)22(37-25(32)16-4-10-19(29)11-5-16)21(36-27)14-35-24(31)15-2-8-18(28)9-3-15/h2-13,21-23,27H,14H2,1H3/t21-,22+,23-,27-/m0/s1. The SMILES string of the molecule is CO[C@H]1O[C@@H](COC(=O)c2ccc(Cl)cc2)[C@@H](OC(=O)c2ccc(Cl)cc2)[C@@H]1OC(=O)c1ccc(Cl)cc1. The maximum atomic E-state index is 12.9. The van der Waals surface area contributed by atoms with Crippen molar-refractivity contribution in [3.63, 3.8) is 0 Å². The monoisotopic (exact) mass is 578 g/mol. The van der Waals surface area contributed by atoms with Gasteiger partial charge in [0.2, 0.25) is 0 Å². The van der Waals surface area contributed by atoms with Gasteiger partial charge in [0.15, 0.2) is 18.5 Å². The number of hydrogen-bond donors (Lipinski definition) is 0. The number of hydrogen-bond acceptors (Lipinski definition) is 8. The summed E-state index contributed by atoms with van der Waals surface area (Å²) >= 11 is 17.7. The van der Waals surface area contributed by atoms with E-state index in [4.69, 9.17) is 58.5 Å². The fraction of sp³-hybridized carbons (Fsp3) is 0.222. The average molecular weight is 580 g/mol. The van der Waals surface area contributed by atoms with Gasteiger partial charge in [0.05, 0.1) is 16.7 Å². The maximum absolute atomic E-state index is 12.9. The molecule has 1 aliphatic rings. The van der Waals surface area contributed by atoms with E-state index in [2.05, 4.69) is 0 Å². The number of halogens is 3. The lowest BCUT2D eigenvalue weighted by Crippen LogP contribution is -2.42. The van der Waals surface area contributed by atoms with Crippen LogP contribution >= 0.6 is 34.8 Å². The Morgan fingerprint density at radius 1 is 0.658 bits per heavy atom. The van der Waals surface area contributed by atoms with Crippen LogP contribution in [-0.4, -0.2) is 56.2 Å². The first-order chi connectivity index (χ1) is 18.2. The predicted molar refractivity (Wildman–Crippen MR) is 139 cm³/mol. The Labute approximate surface area is 233 Å². The van der Waals surface area contributed by atoms with Gasteiger partial charge < -0.3 is 23.7 Å². The zero-order chi connectivity index (χ0) is 27.2. The molecule has 0 amide bonds. The van der Waals surface area contributed by atoms with E-state index in [0.29, 0.717) is 15.1 Å². The minimum Gasteiger partial charge on any atom is -0.459 e. The molecule has 0 unspecified atom stereocenters. The van der Waals surface area contributed by atoms with Crippen molar-refractivity contribution in [1.29, 1.82) is 0 Å². The molecular formula is C27H21Cl3O8. The quantitative estimate of drug-likeness (QED) is 0.250. The molecule has 0 bridgehead atoms. The van der Waals surface area contributed by atoms with Crippen molar-refractivity contribution in [3.8, 4) is 0 Å². The van der Waals surface area contributed by atoms with E-state index in [1.807, 2.05) is 0 Å². The van der Waals surface area contributed by atoms with Gasteiger partial charge in [0.25, 0.3) is 0 Å². The van der Waals surface area contributed by atoms with Crippen LogP contribution in [0, 0.1) is 0 Å². The van der Waals surface area contributed by atoms with Crippen molar-refractivity contribution in [2.24, 2.45) is 0 Å². The summed E-state index contributed by atoms with van der Waals surface area (Å²) in [6.45, 7) is -0.325. The summed E-state index contributed by atoms with van der Waals surface area (Å²) in [5, 5.41) is 1.34. The van der Waals surface area contributed by atoms with Crippen LogP contribution in [0.15, 0.2) is 72.8 Å². The van der Waals surface area contributed by atoms with Crippen LogP contribution in [0.5, 0.6) is 0 Å². The summed E-state index contributed by atoms with van der Waals surface area (Å²) in [6.07, 6.45) is -4.50. The third kappa shape index (κ3) is 6.83. The molecule has 1 aliphatic heterocycles. The van der Waals surface area contributed by atoms with Crippen molar-refractivity contribution in [1.82, 2.24) is 0 Å². The van der Waals surface area contributed by atoms with Gasteiger partial charge in [-0.1, -0.05) is 34.8 Å². The molecule has 4 rings (SSSR count). The molecular weight excluding hydrogens is 559 g/mol. The Morgan fingerprint density at radius 2 is 1.05 bits per heavy atom. The second-order valence-corrected chi connectivity index (χ2v) is 9.45. The lowest BCUT2D eigenvalue weighted by Gasteiger charge is -2.24. The van der Waals surface area contributed by atoms with Crippen LogP contribution in [0.3, 0.4) is 0 Å². The Hall–Kier alpha value is -3.14. The van der Waals surface area contributed by atoms with Crippen LogP contribution in [0.2, 0.25) is 15.1 Å². The fourth-order valence-electron chi connectivity index (χ4n) is 3.67. The number of carbonyl (C=O) groups excluding carboxylic acids is 3. The van der Waals surface area contributed by atoms with Crippen LogP contribution in [0.1, 0.15) is 31.1 Å². The van der Waals surface area contributed by atoms with Gasteiger partial charge >= 0.3 is 17.9 Å². The van der Waals surface area contributed by atoms with Crippen molar-refractivity contribution < 1.29 is 38.1 Å². The third-order valence-corrected chi connectivity index (χ3v) is 6.36. The normalized spacial score (nSPS) is 20.5. The maximum Gasteiger partial charge on any atom is 0.338 e. The number of methoxy groups -OCH3 is 1. The molecule has 3 aromatic rings. The fourth-order valence-corrected chi connectivity index (χ4v) is 4.04. The van der Waals surface area contributed by atoms with Gasteiger partial charge in [0.1, 0.15) is 12.7 Å². The van der Waals surface area contributed by atoms with Gasteiger partial charge in [-0.25, -0.2) is 14.4 Å². The smallest absolute Gasteiger partial charge is 0.338 e. The summed E-state index contributed by atoms with van der Waals surface area (Å²) in [5.74, 6) is -2.10. The van der Waals surface area contributed by atoms with Crippen LogP contribution in [-0.2, 0) is 23.7 Å². The number of rotatable bonds is 8. The first kappa shape index (κ1) is 27.9. The largest absolute Gasteiger partial charge is 0.459 e. The van der Waals surface area contributed by atoms with E-state index >= 15 is 0 Å². The molecule has 4 atom stereocenters. The number of benzene rings is 3. The van der Waals surface area contributed by atoms with E-state index in [0.717, 1.165) is 0 Å².